The third-order valence-corrected chi connectivity index (χ3v) is 8.80. The molecule has 8 heteroatoms. The molecule has 0 aromatic heterocycles. The van der Waals surface area contributed by atoms with E-state index in [9.17, 15) is 24.5 Å². The number of nitro groups is 1. The van der Waals surface area contributed by atoms with E-state index in [-0.39, 0.29) is 22.8 Å². The molecule has 2 heterocycles. The van der Waals surface area contributed by atoms with Gasteiger partial charge in [-0.3, -0.25) is 24.5 Å². The van der Waals surface area contributed by atoms with E-state index >= 15 is 0 Å². The van der Waals surface area contributed by atoms with Gasteiger partial charge in [0, 0.05) is 45.5 Å². The summed E-state index contributed by atoms with van der Waals surface area (Å²) < 4.78 is 0. The van der Waals surface area contributed by atoms with Crippen LogP contribution in [0.3, 0.4) is 0 Å². The Morgan fingerprint density at radius 2 is 1.51 bits per heavy atom. The number of halogens is 1. The maximum Gasteiger partial charge on any atom is 0.270 e. The lowest BCUT2D eigenvalue weighted by molar-refractivity contribution is -0.384. The number of benzene rings is 4. The average Bonchev–Trinajstić information content (AvgIpc) is 3.43. The van der Waals surface area contributed by atoms with E-state index in [0.717, 1.165) is 5.56 Å². The molecule has 3 atom stereocenters. The predicted octanol–water partition coefficient (Wildman–Crippen LogP) is 6.56. The van der Waals surface area contributed by atoms with E-state index in [0.29, 0.717) is 27.4 Å². The number of para-hydroxylation sites is 1. The monoisotopic (exact) mass is 560 g/mol. The molecule has 0 unspecified atom stereocenters. The molecule has 41 heavy (non-hydrogen) atoms. The van der Waals surface area contributed by atoms with Gasteiger partial charge in [0.25, 0.3) is 5.69 Å². The molecular weight excluding hydrogens is 540 g/mol. The Labute approximate surface area is 239 Å². The lowest BCUT2D eigenvalue weighted by atomic mass is 9.64. The van der Waals surface area contributed by atoms with Crippen molar-refractivity contribution in [3.63, 3.8) is 0 Å². The Kier molecular flexibility index (Phi) is 5.56. The fraction of sp³-hybridized carbons (Fsp3) is 0.121. The Bertz CT molecular complexity index is 1790. The summed E-state index contributed by atoms with van der Waals surface area (Å²) >= 11 is 6.24. The molecule has 4 aromatic rings. The summed E-state index contributed by atoms with van der Waals surface area (Å²) in [4.78, 5) is 56.7. The maximum absolute atomic E-state index is 14.6. The summed E-state index contributed by atoms with van der Waals surface area (Å²) in [7, 11) is 0. The zero-order valence-corrected chi connectivity index (χ0v) is 22.2. The molecule has 0 bridgehead atoms. The van der Waals surface area contributed by atoms with Crippen molar-refractivity contribution in [3.05, 3.63) is 146 Å². The van der Waals surface area contributed by atoms with E-state index in [4.69, 9.17) is 11.6 Å². The van der Waals surface area contributed by atoms with E-state index < -0.39 is 34.1 Å². The van der Waals surface area contributed by atoms with Crippen LogP contribution in [0, 0.1) is 15.5 Å². The van der Waals surface area contributed by atoms with Crippen LogP contribution in [0.2, 0.25) is 5.02 Å². The zero-order valence-electron chi connectivity index (χ0n) is 21.4. The van der Waals surface area contributed by atoms with Gasteiger partial charge < -0.3 is 4.90 Å². The van der Waals surface area contributed by atoms with Crippen LogP contribution in [-0.2, 0) is 0 Å². The van der Waals surface area contributed by atoms with Crippen LogP contribution in [0.25, 0.3) is 6.08 Å². The molecule has 7 rings (SSSR count). The molecule has 0 radical (unpaired) electrons. The van der Waals surface area contributed by atoms with Gasteiger partial charge in [0.15, 0.2) is 17.3 Å². The van der Waals surface area contributed by atoms with E-state index in [1.807, 2.05) is 41.3 Å². The second-order valence-corrected chi connectivity index (χ2v) is 10.9. The second-order valence-electron chi connectivity index (χ2n) is 10.5. The number of hydrogen-bond acceptors (Lipinski definition) is 6. The highest BCUT2D eigenvalue weighted by atomic mass is 35.5. The standard InChI is InChI=1S/C33H21ClN2O5/c34-22-15-12-20(13-16-22)28-29(30(37)21-7-5-8-23(18-21)36(40)41)35-26-11-4-1-6-19(26)14-17-27(35)33(28)31(38)24-9-2-3-10-25(24)32(33)39/h1-18,27-29H/t27-,28+,29-/m1/s1. The van der Waals surface area contributed by atoms with Gasteiger partial charge in [0.05, 0.1) is 11.0 Å². The summed E-state index contributed by atoms with van der Waals surface area (Å²) in [6.45, 7) is 0. The van der Waals surface area contributed by atoms with Gasteiger partial charge in [-0.05, 0) is 29.3 Å². The number of nitrogens with zero attached hydrogens (tertiary/aromatic N) is 2. The Hall–Kier alpha value is -4.88. The van der Waals surface area contributed by atoms with Crippen molar-refractivity contribution in [1.82, 2.24) is 0 Å². The Morgan fingerprint density at radius 3 is 2.20 bits per heavy atom. The highest BCUT2D eigenvalue weighted by Crippen LogP contribution is 2.61. The number of anilines is 1. The summed E-state index contributed by atoms with van der Waals surface area (Å²) in [6.07, 6.45) is 3.73. The Morgan fingerprint density at radius 1 is 0.854 bits per heavy atom. The molecule has 1 aliphatic carbocycles. The van der Waals surface area contributed by atoms with Crippen molar-refractivity contribution < 1.29 is 19.3 Å². The highest BCUT2D eigenvalue weighted by molar-refractivity contribution is 6.32. The van der Waals surface area contributed by atoms with Crippen molar-refractivity contribution >= 4 is 46.4 Å². The number of ketones is 3. The number of fused-ring (bicyclic) bond motifs is 5. The van der Waals surface area contributed by atoms with Crippen LogP contribution in [0.4, 0.5) is 11.4 Å². The molecule has 0 N–H and O–H groups in total. The molecule has 1 saturated heterocycles. The van der Waals surface area contributed by atoms with Crippen LogP contribution < -0.4 is 4.90 Å². The number of carbonyl (C=O) groups is 3. The van der Waals surface area contributed by atoms with Gasteiger partial charge in [-0.25, -0.2) is 0 Å². The average molecular weight is 561 g/mol. The van der Waals surface area contributed by atoms with Crippen LogP contribution in [-0.4, -0.2) is 34.4 Å². The summed E-state index contributed by atoms with van der Waals surface area (Å²) in [5, 5.41) is 12.1. The fourth-order valence-corrected chi connectivity index (χ4v) is 7.03. The first-order valence-electron chi connectivity index (χ1n) is 13.1. The summed E-state index contributed by atoms with van der Waals surface area (Å²) in [5.74, 6) is -2.02. The lowest BCUT2D eigenvalue weighted by Gasteiger charge is -2.37. The van der Waals surface area contributed by atoms with Gasteiger partial charge in [-0.2, -0.15) is 0 Å². The predicted molar refractivity (Wildman–Crippen MR) is 155 cm³/mol. The van der Waals surface area contributed by atoms with E-state index in [2.05, 4.69) is 0 Å². The number of carbonyl (C=O) groups excluding carboxylic acids is 3. The number of non-ortho nitro benzene ring substituents is 1. The molecule has 3 aliphatic rings. The quantitative estimate of drug-likeness (QED) is 0.121. The number of Topliss-reactive ketones (excluding diaryl/α,β-unsaturated/α-hetero) is 3. The third kappa shape index (κ3) is 3.42. The van der Waals surface area contributed by atoms with Gasteiger partial charge in [0.1, 0.15) is 11.5 Å². The van der Waals surface area contributed by atoms with E-state index in [1.54, 1.807) is 48.5 Å². The fourth-order valence-electron chi connectivity index (χ4n) is 6.90. The minimum absolute atomic E-state index is 0.126. The van der Waals surface area contributed by atoms with Crippen molar-refractivity contribution in [3.8, 4) is 0 Å². The number of rotatable bonds is 4. The summed E-state index contributed by atoms with van der Waals surface area (Å²) in [6, 6.07) is 24.9. The molecular formula is C33H21ClN2O5. The largest absolute Gasteiger partial charge is 0.352 e. The molecule has 0 saturated carbocycles. The molecule has 2 aliphatic heterocycles. The molecule has 7 nitrogen and oxygen atoms in total. The first kappa shape index (κ1) is 25.1. The number of hydrogen-bond donors (Lipinski definition) is 0. The maximum atomic E-state index is 14.6. The minimum Gasteiger partial charge on any atom is -0.352 e. The van der Waals surface area contributed by atoms with Crippen molar-refractivity contribution in [1.29, 1.82) is 0 Å². The molecule has 0 amide bonds. The second kappa shape index (κ2) is 9.08. The molecule has 4 aromatic carbocycles. The van der Waals surface area contributed by atoms with Crippen molar-refractivity contribution in [2.45, 2.75) is 18.0 Å². The minimum atomic E-state index is -1.65. The van der Waals surface area contributed by atoms with Crippen LogP contribution in [0.15, 0.2) is 103 Å². The first-order chi connectivity index (χ1) is 19.8. The first-order valence-corrected chi connectivity index (χ1v) is 13.5. The van der Waals surface area contributed by atoms with Gasteiger partial charge in [0.2, 0.25) is 0 Å². The van der Waals surface area contributed by atoms with Gasteiger partial charge >= 0.3 is 0 Å². The van der Waals surface area contributed by atoms with Crippen LogP contribution in [0.1, 0.15) is 48.1 Å². The Balaban J connectivity index is 1.54. The van der Waals surface area contributed by atoms with E-state index in [1.165, 1.54) is 24.3 Å². The number of nitro benzene ring substituents is 1. The molecule has 200 valence electrons. The summed E-state index contributed by atoms with van der Waals surface area (Å²) in [5.41, 5.74) is 1.05. The molecule has 1 spiro atoms. The van der Waals surface area contributed by atoms with Gasteiger partial charge in [-0.1, -0.05) is 90.5 Å². The third-order valence-electron chi connectivity index (χ3n) is 8.55. The SMILES string of the molecule is O=C(c1cccc([N+](=O)[O-])c1)[C@H]1[C@H](c2ccc(Cl)cc2)C2(C(=O)c3ccccc3C2=O)[C@H]2C=Cc3ccccc3N12. The molecule has 1 fully saturated rings. The zero-order chi connectivity index (χ0) is 28.5. The smallest absolute Gasteiger partial charge is 0.270 e. The highest BCUT2D eigenvalue weighted by Gasteiger charge is 2.71. The normalized spacial score (nSPS) is 21.5. The van der Waals surface area contributed by atoms with Crippen molar-refractivity contribution in [2.75, 3.05) is 4.90 Å². The van der Waals surface area contributed by atoms with Crippen LogP contribution >= 0.6 is 11.6 Å². The van der Waals surface area contributed by atoms with Gasteiger partial charge in [-0.15, -0.1) is 0 Å². The lowest BCUT2D eigenvalue weighted by Crippen LogP contribution is -2.48. The topological polar surface area (TPSA) is 97.6 Å². The van der Waals surface area contributed by atoms with Crippen LogP contribution in [0.5, 0.6) is 0 Å². The van der Waals surface area contributed by atoms with Crippen molar-refractivity contribution in [2.24, 2.45) is 5.41 Å².